The number of ether oxygens (including phenoxy) is 1. The lowest BCUT2D eigenvalue weighted by Crippen LogP contribution is -2.50. The zero-order valence-corrected chi connectivity index (χ0v) is 20.8. The number of benzene rings is 2. The summed E-state index contributed by atoms with van der Waals surface area (Å²) in [5.41, 5.74) is 4.52. The predicted molar refractivity (Wildman–Crippen MR) is 135 cm³/mol. The van der Waals surface area contributed by atoms with E-state index in [1.165, 1.54) is 0 Å². The molecule has 0 radical (unpaired) electrons. The second-order valence-electron chi connectivity index (χ2n) is 9.60. The number of amides is 2. The molecule has 0 saturated carbocycles. The fourth-order valence-corrected chi connectivity index (χ4v) is 4.67. The molecule has 7 nitrogen and oxygen atoms in total. The van der Waals surface area contributed by atoms with Crippen molar-refractivity contribution in [2.24, 2.45) is 5.92 Å². The van der Waals surface area contributed by atoms with Gasteiger partial charge in [-0.1, -0.05) is 82.1 Å². The van der Waals surface area contributed by atoms with Crippen LogP contribution in [0.4, 0.5) is 4.79 Å². The van der Waals surface area contributed by atoms with E-state index in [2.05, 4.69) is 34.9 Å². The van der Waals surface area contributed by atoms with Gasteiger partial charge in [0.15, 0.2) is 0 Å². The Bertz CT molecular complexity index is 990. The Labute approximate surface area is 207 Å². The number of carbonyl (C=O) groups is 3. The normalized spacial score (nSPS) is 14.1. The first-order valence-corrected chi connectivity index (χ1v) is 12.4. The Morgan fingerprint density at radius 1 is 0.971 bits per heavy atom. The first-order chi connectivity index (χ1) is 16.8. The zero-order chi connectivity index (χ0) is 25.4. The highest BCUT2D eigenvalue weighted by atomic mass is 16.5. The molecule has 2 aromatic rings. The van der Waals surface area contributed by atoms with Crippen molar-refractivity contribution in [2.45, 2.75) is 70.9 Å². The molecule has 0 aliphatic heterocycles. The quantitative estimate of drug-likeness (QED) is 0.392. The molecule has 2 amide bonds. The number of aliphatic carboxylic acids is 1. The maximum atomic E-state index is 13.0. The van der Waals surface area contributed by atoms with Gasteiger partial charge >= 0.3 is 12.1 Å². The highest BCUT2D eigenvalue weighted by molar-refractivity contribution is 5.86. The molecule has 188 valence electrons. The van der Waals surface area contributed by atoms with E-state index < -0.39 is 24.1 Å². The number of carbonyl (C=O) groups excluding carboxylic acids is 2. The summed E-state index contributed by atoms with van der Waals surface area (Å²) in [6, 6.07) is 14.9. The summed E-state index contributed by atoms with van der Waals surface area (Å²) in [7, 11) is 0. The number of fused-ring (bicyclic) bond motifs is 3. The summed E-state index contributed by atoms with van der Waals surface area (Å²) in [5.74, 6) is -1.27. The predicted octanol–water partition coefficient (Wildman–Crippen LogP) is 5.09. The molecular weight excluding hydrogens is 444 g/mol. The van der Waals surface area contributed by atoms with Gasteiger partial charge < -0.3 is 20.5 Å². The lowest BCUT2D eigenvalue weighted by atomic mass is 9.98. The number of alkyl carbamates (subject to hydrolysis) is 1. The molecule has 0 spiro atoms. The number of carboxylic acid groups (broad SMARTS) is 1. The standard InChI is InChI=1S/C28H36N2O5/c1-4-5-10-19(16-26(31)32)29-27(33)25(15-18(2)3)30-28(34)35-17-24-22-13-8-6-11-20(22)21-12-7-9-14-23(21)24/h6-9,11-14,18-19,24-25H,4-5,10,15-17H2,1-3H3,(H,29,33)(H,30,34)(H,31,32)/t19-,25+/m0/s1. The average molecular weight is 481 g/mol. The van der Waals surface area contributed by atoms with Crippen molar-refractivity contribution < 1.29 is 24.2 Å². The van der Waals surface area contributed by atoms with E-state index >= 15 is 0 Å². The molecule has 2 aromatic carbocycles. The van der Waals surface area contributed by atoms with Crippen LogP contribution in [0, 0.1) is 5.92 Å². The summed E-state index contributed by atoms with van der Waals surface area (Å²) in [6.45, 7) is 6.10. The smallest absolute Gasteiger partial charge is 0.407 e. The number of unbranched alkanes of at least 4 members (excludes halogenated alkanes) is 1. The molecule has 0 heterocycles. The van der Waals surface area contributed by atoms with E-state index in [4.69, 9.17) is 4.74 Å². The summed E-state index contributed by atoms with van der Waals surface area (Å²) >= 11 is 0. The van der Waals surface area contributed by atoms with E-state index in [1.54, 1.807) is 0 Å². The fraction of sp³-hybridized carbons (Fsp3) is 0.464. The SMILES string of the molecule is CCCC[C@@H](CC(=O)O)NC(=O)[C@@H](CC(C)C)NC(=O)OCC1c2ccccc2-c2ccccc21. The van der Waals surface area contributed by atoms with Crippen LogP contribution in [0.5, 0.6) is 0 Å². The number of nitrogens with one attached hydrogen (secondary N) is 2. The molecule has 0 saturated heterocycles. The fourth-order valence-electron chi connectivity index (χ4n) is 4.67. The van der Waals surface area contributed by atoms with Gasteiger partial charge in [-0.3, -0.25) is 9.59 Å². The minimum Gasteiger partial charge on any atom is -0.481 e. The molecule has 7 heteroatoms. The minimum absolute atomic E-state index is 0.0699. The maximum Gasteiger partial charge on any atom is 0.407 e. The van der Waals surface area contributed by atoms with Crippen molar-refractivity contribution in [3.8, 4) is 11.1 Å². The largest absolute Gasteiger partial charge is 0.481 e. The first kappa shape index (κ1) is 26.3. The zero-order valence-electron chi connectivity index (χ0n) is 20.8. The molecule has 2 atom stereocenters. The number of hydrogen-bond donors (Lipinski definition) is 3. The van der Waals surface area contributed by atoms with Crippen molar-refractivity contribution in [1.29, 1.82) is 0 Å². The summed E-state index contributed by atoms with van der Waals surface area (Å²) in [6.07, 6.45) is 1.91. The first-order valence-electron chi connectivity index (χ1n) is 12.4. The molecule has 0 fully saturated rings. The van der Waals surface area contributed by atoms with E-state index in [0.717, 1.165) is 35.1 Å². The van der Waals surface area contributed by atoms with E-state index in [0.29, 0.717) is 12.8 Å². The lowest BCUT2D eigenvalue weighted by Gasteiger charge is -2.24. The Balaban J connectivity index is 1.64. The van der Waals surface area contributed by atoms with Gasteiger partial charge in [-0.2, -0.15) is 0 Å². The summed E-state index contributed by atoms with van der Waals surface area (Å²) in [4.78, 5) is 37.0. The van der Waals surface area contributed by atoms with Crippen LogP contribution in [-0.4, -0.2) is 41.8 Å². The van der Waals surface area contributed by atoms with E-state index in [9.17, 15) is 19.5 Å². The Morgan fingerprint density at radius 3 is 2.11 bits per heavy atom. The van der Waals surface area contributed by atoms with Gasteiger partial charge in [0.1, 0.15) is 12.6 Å². The van der Waals surface area contributed by atoms with Gasteiger partial charge in [0, 0.05) is 12.0 Å². The summed E-state index contributed by atoms with van der Waals surface area (Å²) in [5, 5.41) is 14.7. The highest BCUT2D eigenvalue weighted by Crippen LogP contribution is 2.44. The third kappa shape index (κ3) is 7.07. The average Bonchev–Trinajstić information content (AvgIpc) is 3.14. The van der Waals surface area contributed by atoms with Crippen molar-refractivity contribution in [3.63, 3.8) is 0 Å². The van der Waals surface area contributed by atoms with Gasteiger partial charge in [-0.25, -0.2) is 4.79 Å². The van der Waals surface area contributed by atoms with Crippen LogP contribution < -0.4 is 10.6 Å². The van der Waals surface area contributed by atoms with Crippen LogP contribution in [0.2, 0.25) is 0 Å². The second kappa shape index (κ2) is 12.4. The Morgan fingerprint density at radius 2 is 1.57 bits per heavy atom. The van der Waals surface area contributed by atoms with Crippen LogP contribution in [0.3, 0.4) is 0 Å². The van der Waals surface area contributed by atoms with Crippen molar-refractivity contribution >= 4 is 18.0 Å². The topological polar surface area (TPSA) is 105 Å². The minimum atomic E-state index is -0.962. The lowest BCUT2D eigenvalue weighted by molar-refractivity contribution is -0.137. The van der Waals surface area contributed by atoms with E-state index in [-0.39, 0.29) is 30.8 Å². The van der Waals surface area contributed by atoms with Gasteiger partial charge in [-0.05, 0) is 41.0 Å². The van der Waals surface area contributed by atoms with Crippen molar-refractivity contribution in [1.82, 2.24) is 10.6 Å². The molecule has 0 aromatic heterocycles. The van der Waals surface area contributed by atoms with Gasteiger partial charge in [0.05, 0.1) is 6.42 Å². The molecule has 0 unspecified atom stereocenters. The number of rotatable bonds is 12. The molecule has 35 heavy (non-hydrogen) atoms. The second-order valence-corrected chi connectivity index (χ2v) is 9.60. The van der Waals surface area contributed by atoms with E-state index in [1.807, 2.05) is 45.0 Å². The number of carboxylic acids is 1. The highest BCUT2D eigenvalue weighted by Gasteiger charge is 2.30. The molecular formula is C28H36N2O5. The van der Waals surface area contributed by atoms with Gasteiger partial charge in [0.25, 0.3) is 0 Å². The van der Waals surface area contributed by atoms with Crippen LogP contribution in [-0.2, 0) is 14.3 Å². The Hall–Kier alpha value is -3.35. The van der Waals surface area contributed by atoms with Crippen LogP contribution in [0.1, 0.15) is 69.9 Å². The molecule has 3 N–H and O–H groups in total. The van der Waals surface area contributed by atoms with Crippen LogP contribution in [0.15, 0.2) is 48.5 Å². The van der Waals surface area contributed by atoms with Crippen LogP contribution in [0.25, 0.3) is 11.1 Å². The molecule has 1 aliphatic rings. The van der Waals surface area contributed by atoms with Gasteiger partial charge in [0.2, 0.25) is 5.91 Å². The third-order valence-electron chi connectivity index (χ3n) is 6.33. The monoisotopic (exact) mass is 480 g/mol. The van der Waals surface area contributed by atoms with Crippen molar-refractivity contribution in [3.05, 3.63) is 59.7 Å². The molecule has 1 aliphatic carbocycles. The molecule has 3 rings (SSSR count). The maximum absolute atomic E-state index is 13.0. The molecule has 0 bridgehead atoms. The Kier molecular flexibility index (Phi) is 9.29. The summed E-state index contributed by atoms with van der Waals surface area (Å²) < 4.78 is 5.61. The van der Waals surface area contributed by atoms with Crippen LogP contribution >= 0.6 is 0 Å². The number of hydrogen-bond acceptors (Lipinski definition) is 4. The van der Waals surface area contributed by atoms with Gasteiger partial charge in [-0.15, -0.1) is 0 Å². The van der Waals surface area contributed by atoms with Crippen molar-refractivity contribution in [2.75, 3.05) is 6.61 Å². The third-order valence-corrected chi connectivity index (χ3v) is 6.33.